The molecule has 0 saturated carbocycles. The number of halogens is 1. The minimum absolute atomic E-state index is 0.314. The lowest BCUT2D eigenvalue weighted by Crippen LogP contribution is -2.14. The zero-order valence-electron chi connectivity index (χ0n) is 11.5. The van der Waals surface area contributed by atoms with Gasteiger partial charge in [-0.3, -0.25) is 5.32 Å². The molecule has 112 valence electrons. The highest BCUT2D eigenvalue weighted by Gasteiger charge is 2.06. The number of ether oxygens (including phenoxy) is 1. The molecule has 0 unspecified atom stereocenters. The van der Waals surface area contributed by atoms with E-state index in [1.807, 2.05) is 18.2 Å². The van der Waals surface area contributed by atoms with E-state index in [1.165, 1.54) is 11.3 Å². The van der Waals surface area contributed by atoms with Crippen molar-refractivity contribution >= 4 is 46.1 Å². The topological polar surface area (TPSA) is 76.4 Å². The van der Waals surface area contributed by atoms with E-state index >= 15 is 0 Å². The third kappa shape index (κ3) is 4.54. The number of hydrogen-bond acceptors (Lipinski definition) is 5. The van der Waals surface area contributed by atoms with Crippen LogP contribution in [0, 0.1) is 0 Å². The van der Waals surface area contributed by atoms with E-state index in [2.05, 4.69) is 10.6 Å². The Kier molecular flexibility index (Phi) is 5.30. The summed E-state index contributed by atoms with van der Waals surface area (Å²) in [6.45, 7) is 2.73. The van der Waals surface area contributed by atoms with Gasteiger partial charge in [0.15, 0.2) is 0 Å². The van der Waals surface area contributed by atoms with Gasteiger partial charge in [0.2, 0.25) is 0 Å². The average molecular weight is 326 g/mol. The number of anilines is 3. The lowest BCUT2D eigenvalue weighted by atomic mass is 10.2. The van der Waals surface area contributed by atoms with Crippen LogP contribution in [0.15, 0.2) is 30.3 Å². The average Bonchev–Trinajstić information content (AvgIpc) is 2.85. The summed E-state index contributed by atoms with van der Waals surface area (Å²) in [5, 5.41) is 5.83. The number of amides is 1. The lowest BCUT2D eigenvalue weighted by molar-refractivity contribution is 0.168. The Morgan fingerprint density at radius 1 is 1.38 bits per heavy atom. The lowest BCUT2D eigenvalue weighted by Gasteiger charge is -2.11. The Morgan fingerprint density at radius 2 is 2.19 bits per heavy atom. The molecule has 0 aliphatic rings. The summed E-state index contributed by atoms with van der Waals surface area (Å²) < 4.78 is 5.57. The third-order valence-electron chi connectivity index (χ3n) is 2.66. The first kappa shape index (κ1) is 15.5. The van der Waals surface area contributed by atoms with Gasteiger partial charge in [-0.1, -0.05) is 11.6 Å². The molecular weight excluding hydrogens is 310 g/mol. The number of carbonyl (C=O) groups is 1. The summed E-state index contributed by atoms with van der Waals surface area (Å²) in [6.07, 6.45) is -0.516. The standard InChI is InChI=1S/C14H16ClN3O2S/c1-2-20-14(19)18-12-5-3-9(7-11(12)16)17-8-10-4-6-13(15)21-10/h3-7,17H,2,8,16H2,1H3,(H,18,19). The van der Waals surface area contributed by atoms with Gasteiger partial charge >= 0.3 is 6.09 Å². The van der Waals surface area contributed by atoms with Gasteiger partial charge in [0.1, 0.15) is 0 Å². The van der Waals surface area contributed by atoms with Gasteiger partial charge in [-0.15, -0.1) is 11.3 Å². The minimum Gasteiger partial charge on any atom is -0.450 e. The van der Waals surface area contributed by atoms with E-state index in [9.17, 15) is 4.79 Å². The monoisotopic (exact) mass is 325 g/mol. The van der Waals surface area contributed by atoms with Crippen LogP contribution in [0.2, 0.25) is 4.34 Å². The van der Waals surface area contributed by atoms with Gasteiger partial charge in [-0.05, 0) is 37.3 Å². The number of carbonyl (C=O) groups excluding carboxylic acids is 1. The fourth-order valence-electron chi connectivity index (χ4n) is 1.70. The smallest absolute Gasteiger partial charge is 0.411 e. The first-order chi connectivity index (χ1) is 10.1. The van der Waals surface area contributed by atoms with Gasteiger partial charge in [0.25, 0.3) is 0 Å². The maximum Gasteiger partial charge on any atom is 0.411 e. The molecule has 21 heavy (non-hydrogen) atoms. The van der Waals surface area contributed by atoms with E-state index < -0.39 is 6.09 Å². The maximum atomic E-state index is 11.3. The maximum absolute atomic E-state index is 11.3. The summed E-state index contributed by atoms with van der Waals surface area (Å²) in [6, 6.07) is 9.17. The summed E-state index contributed by atoms with van der Waals surface area (Å²) >= 11 is 7.41. The molecule has 2 aromatic rings. The molecule has 0 radical (unpaired) electrons. The van der Waals surface area contributed by atoms with Crippen LogP contribution in [0.5, 0.6) is 0 Å². The summed E-state index contributed by atoms with van der Waals surface area (Å²) in [5.41, 5.74) is 7.77. The zero-order valence-corrected chi connectivity index (χ0v) is 13.1. The van der Waals surface area contributed by atoms with E-state index in [-0.39, 0.29) is 0 Å². The number of benzene rings is 1. The first-order valence-corrected chi connectivity index (χ1v) is 7.59. The molecule has 4 N–H and O–H groups in total. The van der Waals surface area contributed by atoms with Crippen LogP contribution in [0.1, 0.15) is 11.8 Å². The summed E-state index contributed by atoms with van der Waals surface area (Å²) in [7, 11) is 0. The Hall–Kier alpha value is -1.92. The molecule has 0 spiro atoms. The fraction of sp³-hybridized carbons (Fsp3) is 0.214. The van der Waals surface area contributed by atoms with Gasteiger partial charge in [0, 0.05) is 17.1 Å². The number of hydrogen-bond donors (Lipinski definition) is 3. The number of rotatable bonds is 5. The first-order valence-electron chi connectivity index (χ1n) is 6.40. The van der Waals surface area contributed by atoms with Crippen LogP contribution in [0.25, 0.3) is 0 Å². The largest absolute Gasteiger partial charge is 0.450 e. The molecule has 1 aromatic heterocycles. The van der Waals surface area contributed by atoms with E-state index in [0.29, 0.717) is 24.5 Å². The summed E-state index contributed by atoms with van der Waals surface area (Å²) in [5.74, 6) is 0. The summed E-state index contributed by atoms with van der Waals surface area (Å²) in [4.78, 5) is 12.5. The van der Waals surface area contributed by atoms with Crippen molar-refractivity contribution in [2.24, 2.45) is 0 Å². The van der Waals surface area contributed by atoms with Crippen molar-refractivity contribution < 1.29 is 9.53 Å². The Morgan fingerprint density at radius 3 is 2.81 bits per heavy atom. The van der Waals surface area contributed by atoms with Crippen molar-refractivity contribution in [2.75, 3.05) is 23.0 Å². The van der Waals surface area contributed by atoms with Gasteiger partial charge < -0.3 is 15.8 Å². The molecule has 0 aliphatic carbocycles. The van der Waals surface area contributed by atoms with Crippen molar-refractivity contribution in [3.8, 4) is 0 Å². The molecule has 1 aromatic carbocycles. The van der Waals surface area contributed by atoms with Crippen molar-refractivity contribution in [1.82, 2.24) is 0 Å². The molecule has 2 rings (SSSR count). The van der Waals surface area contributed by atoms with Gasteiger partial charge in [-0.2, -0.15) is 0 Å². The Balaban J connectivity index is 1.96. The second-order valence-corrected chi connectivity index (χ2v) is 6.01. The van der Waals surface area contributed by atoms with Crippen LogP contribution in [-0.4, -0.2) is 12.7 Å². The van der Waals surface area contributed by atoms with Crippen LogP contribution >= 0.6 is 22.9 Å². The molecule has 5 nitrogen and oxygen atoms in total. The highest BCUT2D eigenvalue weighted by Crippen LogP contribution is 2.25. The number of nitrogens with two attached hydrogens (primary N) is 1. The molecule has 0 fully saturated rings. The molecule has 0 aliphatic heterocycles. The van der Waals surface area contributed by atoms with Crippen LogP contribution in [0.4, 0.5) is 21.9 Å². The second-order valence-electron chi connectivity index (χ2n) is 4.21. The predicted octanol–water partition coefficient (Wildman–Crippen LogP) is 4.16. The van der Waals surface area contributed by atoms with Crippen molar-refractivity contribution in [1.29, 1.82) is 0 Å². The van der Waals surface area contributed by atoms with Crippen LogP contribution in [-0.2, 0) is 11.3 Å². The van der Waals surface area contributed by atoms with E-state index in [1.54, 1.807) is 19.1 Å². The van der Waals surface area contributed by atoms with Crippen LogP contribution < -0.4 is 16.4 Å². The third-order valence-corrected chi connectivity index (χ3v) is 3.89. The molecule has 7 heteroatoms. The second kappa shape index (κ2) is 7.19. The van der Waals surface area contributed by atoms with Gasteiger partial charge in [0.05, 0.1) is 22.3 Å². The van der Waals surface area contributed by atoms with E-state index in [4.69, 9.17) is 22.1 Å². The zero-order chi connectivity index (χ0) is 15.2. The normalized spacial score (nSPS) is 10.2. The molecule has 1 heterocycles. The molecule has 0 bridgehead atoms. The molecule has 0 saturated heterocycles. The molecular formula is C14H16ClN3O2S. The SMILES string of the molecule is CCOC(=O)Nc1ccc(NCc2ccc(Cl)s2)cc1N. The number of nitrogens with one attached hydrogen (secondary N) is 2. The molecule has 1 amide bonds. The minimum atomic E-state index is -0.516. The predicted molar refractivity (Wildman–Crippen MR) is 88.2 cm³/mol. The number of thiophene rings is 1. The van der Waals surface area contributed by atoms with Crippen molar-refractivity contribution in [2.45, 2.75) is 13.5 Å². The van der Waals surface area contributed by atoms with Crippen LogP contribution in [0.3, 0.4) is 0 Å². The fourth-order valence-corrected chi connectivity index (χ4v) is 2.73. The van der Waals surface area contributed by atoms with Gasteiger partial charge in [-0.25, -0.2) is 4.79 Å². The Bertz CT molecular complexity index is 630. The number of nitrogen functional groups attached to an aromatic ring is 1. The van der Waals surface area contributed by atoms with Crippen molar-refractivity contribution in [3.63, 3.8) is 0 Å². The van der Waals surface area contributed by atoms with E-state index in [0.717, 1.165) is 14.9 Å². The highest BCUT2D eigenvalue weighted by atomic mass is 35.5. The van der Waals surface area contributed by atoms with Crippen molar-refractivity contribution in [3.05, 3.63) is 39.5 Å². The highest BCUT2D eigenvalue weighted by molar-refractivity contribution is 7.16. The quantitative estimate of drug-likeness (QED) is 0.721. The molecule has 0 atom stereocenters. The Labute approximate surface area is 132 Å².